The summed E-state index contributed by atoms with van der Waals surface area (Å²) in [6, 6.07) is 3.35. The fourth-order valence-electron chi connectivity index (χ4n) is 4.00. The van der Waals surface area contributed by atoms with Gasteiger partial charge in [0.05, 0.1) is 24.5 Å². The van der Waals surface area contributed by atoms with Gasteiger partial charge < -0.3 is 9.47 Å². The lowest BCUT2D eigenvalue weighted by atomic mass is 10.1. The average molecular weight is 355 g/mol. The van der Waals surface area contributed by atoms with Crippen LogP contribution in [-0.4, -0.2) is 43.1 Å². The van der Waals surface area contributed by atoms with E-state index in [1.165, 1.54) is 23.8 Å². The fourth-order valence-corrected chi connectivity index (χ4v) is 4.00. The molecule has 26 heavy (non-hydrogen) atoms. The minimum atomic E-state index is -0.250. The van der Waals surface area contributed by atoms with Gasteiger partial charge in [-0.3, -0.25) is 19.2 Å². The van der Waals surface area contributed by atoms with Crippen LogP contribution in [0.15, 0.2) is 23.1 Å². The summed E-state index contributed by atoms with van der Waals surface area (Å²) >= 11 is 0. The highest BCUT2D eigenvalue weighted by atomic mass is 16.2. The Labute approximate surface area is 152 Å². The number of fused-ring (bicyclic) bond motifs is 1. The molecule has 1 amide bonds. The van der Waals surface area contributed by atoms with E-state index in [0.29, 0.717) is 13.1 Å². The second-order valence-corrected chi connectivity index (χ2v) is 7.33. The van der Waals surface area contributed by atoms with E-state index in [2.05, 4.69) is 4.90 Å². The summed E-state index contributed by atoms with van der Waals surface area (Å²) in [5.74, 6) is -0.202. The first-order valence-electron chi connectivity index (χ1n) is 9.25. The van der Waals surface area contributed by atoms with Crippen molar-refractivity contribution in [1.82, 2.24) is 24.1 Å². The molecule has 2 aromatic heterocycles. The highest BCUT2D eigenvalue weighted by molar-refractivity contribution is 5.94. The molecule has 7 nitrogen and oxygen atoms in total. The monoisotopic (exact) mass is 355 g/mol. The van der Waals surface area contributed by atoms with Crippen LogP contribution in [0.1, 0.15) is 46.6 Å². The number of amides is 1. The van der Waals surface area contributed by atoms with Crippen molar-refractivity contribution in [3.05, 3.63) is 51.2 Å². The number of likely N-dealkylation sites (tertiary alicyclic amines) is 1. The summed E-state index contributed by atoms with van der Waals surface area (Å²) in [7, 11) is 3.60. The molecular weight excluding hydrogens is 330 g/mol. The molecule has 0 N–H and O–H groups in total. The summed E-state index contributed by atoms with van der Waals surface area (Å²) in [4.78, 5) is 29.3. The molecule has 0 bridgehead atoms. The third kappa shape index (κ3) is 2.96. The van der Waals surface area contributed by atoms with Gasteiger partial charge in [0, 0.05) is 32.4 Å². The van der Waals surface area contributed by atoms with Crippen LogP contribution in [0, 0.1) is 0 Å². The molecule has 0 atom stereocenters. The molecular formula is C19H25N5O2. The van der Waals surface area contributed by atoms with Crippen molar-refractivity contribution >= 4 is 5.91 Å². The van der Waals surface area contributed by atoms with Crippen LogP contribution in [0.3, 0.4) is 0 Å². The van der Waals surface area contributed by atoms with Gasteiger partial charge >= 0.3 is 0 Å². The zero-order valence-electron chi connectivity index (χ0n) is 15.4. The Balaban J connectivity index is 1.55. The van der Waals surface area contributed by atoms with Gasteiger partial charge in [-0.1, -0.05) is 6.42 Å². The molecule has 0 radical (unpaired) electrons. The first-order chi connectivity index (χ1) is 12.5. The molecule has 0 spiro atoms. The standard InChI is InChI=1S/C19H25N5O2/c1-21-8-6-7-14(18(21)25)19(26)24-11-15-16(20-22(2)17(15)13-24)12-23-9-4-3-5-10-23/h6-8H,3-5,9-13H2,1-2H3. The predicted octanol–water partition coefficient (Wildman–Crippen LogP) is 1.26. The van der Waals surface area contributed by atoms with Gasteiger partial charge in [-0.05, 0) is 38.1 Å². The Morgan fingerprint density at radius 3 is 2.69 bits per heavy atom. The first kappa shape index (κ1) is 17.0. The minimum absolute atomic E-state index is 0.202. The number of piperidine rings is 1. The fraction of sp³-hybridized carbons (Fsp3) is 0.526. The molecule has 0 saturated carbocycles. The highest BCUT2D eigenvalue weighted by Crippen LogP contribution is 2.28. The van der Waals surface area contributed by atoms with E-state index in [0.717, 1.165) is 36.6 Å². The van der Waals surface area contributed by atoms with E-state index in [1.807, 2.05) is 11.7 Å². The molecule has 1 fully saturated rings. The van der Waals surface area contributed by atoms with E-state index in [4.69, 9.17) is 5.10 Å². The zero-order chi connectivity index (χ0) is 18.3. The maximum absolute atomic E-state index is 12.9. The lowest BCUT2D eigenvalue weighted by molar-refractivity contribution is 0.0745. The maximum atomic E-state index is 12.9. The molecule has 138 valence electrons. The Morgan fingerprint density at radius 2 is 1.92 bits per heavy atom. The van der Waals surface area contributed by atoms with Crippen molar-refractivity contribution in [1.29, 1.82) is 0 Å². The maximum Gasteiger partial charge on any atom is 0.263 e. The normalized spacial score (nSPS) is 17.5. The van der Waals surface area contributed by atoms with E-state index < -0.39 is 0 Å². The topological polar surface area (TPSA) is 63.4 Å². The van der Waals surface area contributed by atoms with Crippen LogP contribution in [0.5, 0.6) is 0 Å². The molecule has 4 rings (SSSR count). The van der Waals surface area contributed by atoms with Gasteiger partial charge in [-0.2, -0.15) is 5.10 Å². The van der Waals surface area contributed by atoms with E-state index in [-0.39, 0.29) is 17.0 Å². The van der Waals surface area contributed by atoms with Gasteiger partial charge in [0.25, 0.3) is 11.5 Å². The van der Waals surface area contributed by atoms with Crippen molar-refractivity contribution < 1.29 is 4.79 Å². The molecule has 1 saturated heterocycles. The van der Waals surface area contributed by atoms with Crippen LogP contribution in [0.4, 0.5) is 0 Å². The van der Waals surface area contributed by atoms with Crippen LogP contribution >= 0.6 is 0 Å². The summed E-state index contributed by atoms with van der Waals surface area (Å²) in [6.45, 7) is 4.12. The predicted molar refractivity (Wildman–Crippen MR) is 97.6 cm³/mol. The van der Waals surface area contributed by atoms with Gasteiger partial charge in [0.1, 0.15) is 5.56 Å². The Kier molecular flexibility index (Phi) is 4.40. The molecule has 0 aromatic carbocycles. The second-order valence-electron chi connectivity index (χ2n) is 7.33. The molecule has 2 aliphatic heterocycles. The van der Waals surface area contributed by atoms with Gasteiger partial charge in [0.2, 0.25) is 0 Å². The number of carbonyl (C=O) groups excluding carboxylic acids is 1. The number of carbonyl (C=O) groups is 1. The lowest BCUT2D eigenvalue weighted by Gasteiger charge is -2.26. The molecule has 0 unspecified atom stereocenters. The molecule has 0 aliphatic carbocycles. The van der Waals surface area contributed by atoms with Crippen molar-refractivity contribution in [2.24, 2.45) is 14.1 Å². The third-order valence-corrected chi connectivity index (χ3v) is 5.51. The van der Waals surface area contributed by atoms with Crippen LogP contribution in [0.2, 0.25) is 0 Å². The van der Waals surface area contributed by atoms with Crippen molar-refractivity contribution in [2.45, 2.75) is 38.9 Å². The van der Waals surface area contributed by atoms with Crippen LogP contribution < -0.4 is 5.56 Å². The zero-order valence-corrected chi connectivity index (χ0v) is 15.4. The second kappa shape index (κ2) is 6.72. The summed E-state index contributed by atoms with van der Waals surface area (Å²) in [6.07, 6.45) is 5.47. The SMILES string of the molecule is Cn1nc(CN2CCCCC2)c2c1CN(C(=O)c1cccn(C)c1=O)C2. The number of rotatable bonds is 3. The Bertz CT molecular complexity index is 892. The van der Waals surface area contributed by atoms with E-state index in [1.54, 1.807) is 30.3 Å². The number of hydrogen-bond acceptors (Lipinski definition) is 4. The largest absolute Gasteiger partial charge is 0.328 e. The number of aromatic nitrogens is 3. The van der Waals surface area contributed by atoms with Crippen molar-refractivity contribution in [3.63, 3.8) is 0 Å². The Morgan fingerprint density at radius 1 is 1.15 bits per heavy atom. The van der Waals surface area contributed by atoms with E-state index in [9.17, 15) is 9.59 Å². The summed E-state index contributed by atoms with van der Waals surface area (Å²) in [5.41, 5.74) is 3.28. The number of nitrogens with zero attached hydrogens (tertiary/aromatic N) is 5. The van der Waals surface area contributed by atoms with Crippen molar-refractivity contribution in [3.8, 4) is 0 Å². The summed E-state index contributed by atoms with van der Waals surface area (Å²) < 4.78 is 3.34. The number of pyridine rings is 1. The lowest BCUT2D eigenvalue weighted by Crippen LogP contribution is -2.33. The smallest absolute Gasteiger partial charge is 0.263 e. The quantitative estimate of drug-likeness (QED) is 0.832. The number of hydrogen-bond donors (Lipinski definition) is 0. The van der Waals surface area contributed by atoms with Gasteiger partial charge in [-0.25, -0.2) is 0 Å². The summed E-state index contributed by atoms with van der Waals surface area (Å²) in [5, 5.41) is 4.70. The van der Waals surface area contributed by atoms with Gasteiger partial charge in [-0.15, -0.1) is 0 Å². The minimum Gasteiger partial charge on any atom is -0.328 e. The highest BCUT2D eigenvalue weighted by Gasteiger charge is 2.31. The van der Waals surface area contributed by atoms with Crippen LogP contribution in [0.25, 0.3) is 0 Å². The molecule has 7 heteroatoms. The van der Waals surface area contributed by atoms with Gasteiger partial charge in [0.15, 0.2) is 0 Å². The Hall–Kier alpha value is -2.41. The first-order valence-corrected chi connectivity index (χ1v) is 9.25. The van der Waals surface area contributed by atoms with Crippen LogP contribution in [-0.2, 0) is 33.7 Å². The van der Waals surface area contributed by atoms with E-state index >= 15 is 0 Å². The molecule has 2 aromatic rings. The molecule has 2 aliphatic rings. The van der Waals surface area contributed by atoms with Crippen molar-refractivity contribution in [2.75, 3.05) is 13.1 Å². The average Bonchev–Trinajstić information content (AvgIpc) is 3.19. The number of aryl methyl sites for hydroxylation is 2. The third-order valence-electron chi connectivity index (χ3n) is 5.51. The molecule has 4 heterocycles.